The SMILES string of the molecule is CCOCC(C)NC1(C(=O)O)CCCCC1. The summed E-state index contributed by atoms with van der Waals surface area (Å²) in [7, 11) is 0. The Morgan fingerprint density at radius 1 is 1.44 bits per heavy atom. The molecule has 1 fully saturated rings. The number of nitrogens with one attached hydrogen (secondary N) is 1. The van der Waals surface area contributed by atoms with E-state index in [0.29, 0.717) is 13.2 Å². The van der Waals surface area contributed by atoms with Gasteiger partial charge < -0.3 is 9.84 Å². The molecule has 0 aromatic carbocycles. The molecular formula is C12H23NO3. The monoisotopic (exact) mass is 229 g/mol. The molecule has 0 aromatic heterocycles. The molecule has 2 N–H and O–H groups in total. The molecule has 1 aliphatic rings. The zero-order chi connectivity index (χ0) is 12.0. The van der Waals surface area contributed by atoms with E-state index in [2.05, 4.69) is 5.32 Å². The summed E-state index contributed by atoms with van der Waals surface area (Å²) in [6, 6.07) is 0.0918. The van der Waals surface area contributed by atoms with Crippen LogP contribution in [0.4, 0.5) is 0 Å². The van der Waals surface area contributed by atoms with Crippen molar-refractivity contribution >= 4 is 5.97 Å². The first kappa shape index (κ1) is 13.5. The molecule has 16 heavy (non-hydrogen) atoms. The van der Waals surface area contributed by atoms with Gasteiger partial charge in [0.25, 0.3) is 0 Å². The lowest BCUT2D eigenvalue weighted by Crippen LogP contribution is -2.57. The Kier molecular flexibility index (Phi) is 5.22. The van der Waals surface area contributed by atoms with Crippen LogP contribution in [-0.2, 0) is 9.53 Å². The van der Waals surface area contributed by atoms with Crippen molar-refractivity contribution in [2.24, 2.45) is 0 Å². The van der Waals surface area contributed by atoms with Crippen LogP contribution in [-0.4, -0.2) is 35.9 Å². The molecule has 94 valence electrons. The summed E-state index contributed by atoms with van der Waals surface area (Å²) in [6.07, 6.45) is 4.62. The molecule has 1 aliphatic carbocycles. The quantitative estimate of drug-likeness (QED) is 0.729. The molecule has 0 bridgehead atoms. The molecule has 0 radical (unpaired) electrons. The van der Waals surface area contributed by atoms with Crippen LogP contribution < -0.4 is 5.32 Å². The van der Waals surface area contributed by atoms with Gasteiger partial charge in [-0.25, -0.2) is 0 Å². The Bertz CT molecular complexity index is 224. The van der Waals surface area contributed by atoms with E-state index >= 15 is 0 Å². The fraction of sp³-hybridized carbons (Fsp3) is 0.917. The largest absolute Gasteiger partial charge is 0.480 e. The van der Waals surface area contributed by atoms with Crippen LogP contribution in [0.2, 0.25) is 0 Å². The molecule has 0 aliphatic heterocycles. The second-order valence-electron chi connectivity index (χ2n) is 4.65. The molecule has 0 heterocycles. The number of rotatable bonds is 6. The highest BCUT2D eigenvalue weighted by molar-refractivity contribution is 5.79. The summed E-state index contributed by atoms with van der Waals surface area (Å²) in [6.45, 7) is 5.17. The fourth-order valence-corrected chi connectivity index (χ4v) is 2.38. The first-order chi connectivity index (χ1) is 7.60. The van der Waals surface area contributed by atoms with Crippen molar-refractivity contribution in [1.82, 2.24) is 5.32 Å². The van der Waals surface area contributed by atoms with Crippen LogP contribution in [0, 0.1) is 0 Å². The number of carbonyl (C=O) groups is 1. The van der Waals surface area contributed by atoms with E-state index in [1.807, 2.05) is 13.8 Å². The van der Waals surface area contributed by atoms with Gasteiger partial charge in [-0.05, 0) is 26.7 Å². The Morgan fingerprint density at radius 3 is 2.56 bits per heavy atom. The van der Waals surface area contributed by atoms with Crippen molar-refractivity contribution in [2.75, 3.05) is 13.2 Å². The number of ether oxygens (including phenoxy) is 1. The smallest absolute Gasteiger partial charge is 0.323 e. The van der Waals surface area contributed by atoms with Crippen molar-refractivity contribution in [3.8, 4) is 0 Å². The number of hydrogen-bond donors (Lipinski definition) is 2. The second kappa shape index (κ2) is 6.21. The highest BCUT2D eigenvalue weighted by Crippen LogP contribution is 2.28. The first-order valence-corrected chi connectivity index (χ1v) is 6.19. The van der Waals surface area contributed by atoms with E-state index in [0.717, 1.165) is 32.1 Å². The third kappa shape index (κ3) is 3.46. The maximum absolute atomic E-state index is 11.4. The molecule has 1 atom stereocenters. The molecule has 0 amide bonds. The van der Waals surface area contributed by atoms with Crippen molar-refractivity contribution in [1.29, 1.82) is 0 Å². The number of carboxylic acid groups (broad SMARTS) is 1. The van der Waals surface area contributed by atoms with Crippen molar-refractivity contribution in [2.45, 2.75) is 57.5 Å². The van der Waals surface area contributed by atoms with Crippen LogP contribution in [0.3, 0.4) is 0 Å². The van der Waals surface area contributed by atoms with Crippen LogP contribution in [0.1, 0.15) is 46.0 Å². The molecule has 0 aromatic rings. The Hall–Kier alpha value is -0.610. The maximum atomic E-state index is 11.4. The molecule has 1 saturated carbocycles. The third-order valence-electron chi connectivity index (χ3n) is 3.21. The molecule has 4 heteroatoms. The van der Waals surface area contributed by atoms with Crippen molar-refractivity contribution < 1.29 is 14.6 Å². The van der Waals surface area contributed by atoms with Crippen molar-refractivity contribution in [3.63, 3.8) is 0 Å². The van der Waals surface area contributed by atoms with Gasteiger partial charge in [-0.3, -0.25) is 10.1 Å². The van der Waals surface area contributed by atoms with Crippen LogP contribution >= 0.6 is 0 Å². The van der Waals surface area contributed by atoms with Gasteiger partial charge in [0.2, 0.25) is 0 Å². The van der Waals surface area contributed by atoms with Crippen LogP contribution in [0.15, 0.2) is 0 Å². The summed E-state index contributed by atoms with van der Waals surface area (Å²) in [5.74, 6) is -0.712. The average Bonchev–Trinajstić information content (AvgIpc) is 2.27. The van der Waals surface area contributed by atoms with Gasteiger partial charge in [0.15, 0.2) is 0 Å². The fourth-order valence-electron chi connectivity index (χ4n) is 2.38. The standard InChI is InChI=1S/C12H23NO3/c1-3-16-9-10(2)13-12(11(14)15)7-5-4-6-8-12/h10,13H,3-9H2,1-2H3,(H,14,15). The number of aliphatic carboxylic acids is 1. The maximum Gasteiger partial charge on any atom is 0.323 e. The molecule has 0 spiro atoms. The average molecular weight is 229 g/mol. The predicted octanol–water partition coefficient (Wildman–Crippen LogP) is 1.79. The number of hydrogen-bond acceptors (Lipinski definition) is 3. The zero-order valence-corrected chi connectivity index (χ0v) is 10.3. The Labute approximate surface area is 97.4 Å². The summed E-state index contributed by atoms with van der Waals surface area (Å²) in [5, 5.41) is 12.6. The lowest BCUT2D eigenvalue weighted by Gasteiger charge is -2.36. The highest BCUT2D eigenvalue weighted by atomic mass is 16.5. The minimum atomic E-state index is -0.714. The van der Waals surface area contributed by atoms with Gasteiger partial charge in [0.1, 0.15) is 5.54 Å². The summed E-state index contributed by atoms with van der Waals surface area (Å²) >= 11 is 0. The molecule has 0 saturated heterocycles. The van der Waals surface area contributed by atoms with E-state index in [1.54, 1.807) is 0 Å². The summed E-state index contributed by atoms with van der Waals surface area (Å²) < 4.78 is 5.31. The van der Waals surface area contributed by atoms with Gasteiger partial charge in [-0.15, -0.1) is 0 Å². The number of carboxylic acids is 1. The van der Waals surface area contributed by atoms with Crippen molar-refractivity contribution in [3.05, 3.63) is 0 Å². The topological polar surface area (TPSA) is 58.6 Å². The summed E-state index contributed by atoms with van der Waals surface area (Å²) in [5.41, 5.74) is -0.714. The Morgan fingerprint density at radius 2 is 2.06 bits per heavy atom. The second-order valence-corrected chi connectivity index (χ2v) is 4.65. The minimum Gasteiger partial charge on any atom is -0.480 e. The molecule has 1 rings (SSSR count). The molecule has 4 nitrogen and oxygen atoms in total. The van der Waals surface area contributed by atoms with E-state index in [9.17, 15) is 9.90 Å². The van der Waals surface area contributed by atoms with E-state index in [-0.39, 0.29) is 6.04 Å². The van der Waals surface area contributed by atoms with Gasteiger partial charge in [-0.2, -0.15) is 0 Å². The minimum absolute atomic E-state index is 0.0918. The molecule has 1 unspecified atom stereocenters. The lowest BCUT2D eigenvalue weighted by atomic mass is 9.81. The predicted molar refractivity (Wildman–Crippen MR) is 62.5 cm³/mol. The van der Waals surface area contributed by atoms with Gasteiger partial charge >= 0.3 is 5.97 Å². The third-order valence-corrected chi connectivity index (χ3v) is 3.21. The lowest BCUT2D eigenvalue weighted by molar-refractivity contribution is -0.147. The zero-order valence-electron chi connectivity index (χ0n) is 10.3. The van der Waals surface area contributed by atoms with Gasteiger partial charge in [-0.1, -0.05) is 19.3 Å². The van der Waals surface area contributed by atoms with E-state index in [4.69, 9.17) is 4.74 Å². The summed E-state index contributed by atoms with van der Waals surface area (Å²) in [4.78, 5) is 11.4. The highest BCUT2D eigenvalue weighted by Gasteiger charge is 2.40. The van der Waals surface area contributed by atoms with Gasteiger partial charge in [0, 0.05) is 12.6 Å². The Balaban J connectivity index is 2.53. The molecular weight excluding hydrogens is 206 g/mol. The van der Waals surface area contributed by atoms with E-state index < -0.39 is 11.5 Å². The van der Waals surface area contributed by atoms with E-state index in [1.165, 1.54) is 0 Å². The van der Waals surface area contributed by atoms with Crippen LogP contribution in [0.5, 0.6) is 0 Å². The van der Waals surface area contributed by atoms with Crippen LogP contribution in [0.25, 0.3) is 0 Å². The van der Waals surface area contributed by atoms with Gasteiger partial charge in [0.05, 0.1) is 6.61 Å². The first-order valence-electron chi connectivity index (χ1n) is 6.19. The normalized spacial score (nSPS) is 21.6.